The van der Waals surface area contributed by atoms with Gasteiger partial charge in [-0.15, -0.1) is 19.3 Å². The minimum Gasteiger partial charge on any atom is -0.379 e. The molecule has 0 amide bonds. The number of rotatable bonds is 1. The first-order valence-corrected chi connectivity index (χ1v) is 4.48. The molecule has 2 aliphatic rings. The van der Waals surface area contributed by atoms with Crippen molar-refractivity contribution in [3.05, 3.63) is 48.1 Å². The van der Waals surface area contributed by atoms with Gasteiger partial charge < -0.3 is 5.11 Å². The van der Waals surface area contributed by atoms with Crippen molar-refractivity contribution in [3.8, 4) is 12.3 Å². The molecule has 0 saturated heterocycles. The average Bonchev–Trinajstić information content (AvgIpc) is 2.91. The normalized spacial score (nSPS) is 17.2. The summed E-state index contributed by atoms with van der Waals surface area (Å²) in [5.41, 5.74) is 0.720. The second-order valence-electron chi connectivity index (χ2n) is 2.81. The van der Waals surface area contributed by atoms with Gasteiger partial charge in [-0.3, -0.25) is 12.2 Å². The second kappa shape index (κ2) is 8.32. The third-order valence-electron chi connectivity index (χ3n) is 1.76. The topological polar surface area (TPSA) is 20.2 Å². The molecule has 15 heavy (non-hydrogen) atoms. The maximum absolute atomic E-state index is 8.97. The minimum atomic E-state index is -0.760. The monoisotopic (exact) mass is 240 g/mol. The van der Waals surface area contributed by atoms with Gasteiger partial charge in [0.2, 0.25) is 0 Å². The van der Waals surface area contributed by atoms with E-state index in [4.69, 9.17) is 11.5 Å². The van der Waals surface area contributed by atoms with Crippen LogP contribution in [0.5, 0.6) is 0 Å². The summed E-state index contributed by atoms with van der Waals surface area (Å²) in [6.45, 7) is 0. The third kappa shape index (κ3) is 5.44. The van der Waals surface area contributed by atoms with Crippen molar-refractivity contribution >= 4 is 0 Å². The Kier molecular flexibility index (Phi) is 7.76. The van der Waals surface area contributed by atoms with E-state index >= 15 is 0 Å². The molecule has 78 valence electrons. The van der Waals surface area contributed by atoms with Crippen LogP contribution in [0.3, 0.4) is 0 Å². The number of hydrogen-bond acceptors (Lipinski definition) is 1. The van der Waals surface area contributed by atoms with Crippen LogP contribution in [0.15, 0.2) is 36.0 Å². The fourth-order valence-corrected chi connectivity index (χ4v) is 1.04. The maximum Gasteiger partial charge on any atom is 2.00 e. The van der Waals surface area contributed by atoms with Gasteiger partial charge >= 0.3 is 17.1 Å². The Morgan fingerprint density at radius 3 is 2.53 bits per heavy atom. The zero-order chi connectivity index (χ0) is 10.2. The molecule has 0 bridgehead atoms. The van der Waals surface area contributed by atoms with Crippen molar-refractivity contribution in [2.45, 2.75) is 18.9 Å². The van der Waals surface area contributed by atoms with Crippen LogP contribution in [0, 0.1) is 24.5 Å². The molecule has 0 aliphatic heterocycles. The van der Waals surface area contributed by atoms with Crippen molar-refractivity contribution in [1.82, 2.24) is 0 Å². The second-order valence-corrected chi connectivity index (χ2v) is 2.81. The van der Waals surface area contributed by atoms with Crippen LogP contribution in [0.1, 0.15) is 12.8 Å². The summed E-state index contributed by atoms with van der Waals surface area (Å²) in [5, 5.41) is 8.97. The summed E-state index contributed by atoms with van der Waals surface area (Å²) in [6.07, 6.45) is 21.6. The molecule has 0 aromatic rings. The summed E-state index contributed by atoms with van der Waals surface area (Å²) in [7, 11) is 0. The first-order chi connectivity index (χ1) is 6.84. The van der Waals surface area contributed by atoms with Gasteiger partial charge in [0.15, 0.2) is 0 Å². The quantitative estimate of drug-likeness (QED) is 0.422. The number of hydrogen-bond donors (Lipinski definition) is 1. The summed E-state index contributed by atoms with van der Waals surface area (Å²) in [6, 6.07) is 0. The Labute approximate surface area is 102 Å². The fraction of sp³-hybridized carbons (Fsp3) is 0.231. The largest absolute Gasteiger partial charge is 2.00 e. The van der Waals surface area contributed by atoms with E-state index in [-0.39, 0.29) is 17.1 Å². The molecule has 0 heterocycles. The molecule has 0 spiro atoms. The van der Waals surface area contributed by atoms with Gasteiger partial charge in [0.25, 0.3) is 0 Å². The Hall–Kier alpha value is -1.00. The van der Waals surface area contributed by atoms with E-state index in [9.17, 15) is 0 Å². The van der Waals surface area contributed by atoms with Crippen molar-refractivity contribution in [2.75, 3.05) is 0 Å². The molecule has 0 saturated carbocycles. The van der Waals surface area contributed by atoms with E-state index in [1.807, 2.05) is 18.2 Å². The van der Waals surface area contributed by atoms with Crippen molar-refractivity contribution in [1.29, 1.82) is 0 Å². The standard InChI is InChI=1S/C8H7O.C5H5.Fe/c1-2-8(9)7-5-3-4-6-7;1-2-4-5-3-1;/h1,3,5,8-9H,4H2;1-3H,4H2;/q2*-1;+2. The van der Waals surface area contributed by atoms with E-state index < -0.39 is 6.10 Å². The molecule has 0 radical (unpaired) electrons. The predicted molar refractivity (Wildman–Crippen MR) is 56.9 cm³/mol. The van der Waals surface area contributed by atoms with Crippen molar-refractivity contribution in [3.63, 3.8) is 0 Å². The number of allylic oxidation sites excluding steroid dienone is 6. The molecule has 0 aromatic heterocycles. The molecule has 2 aliphatic carbocycles. The van der Waals surface area contributed by atoms with E-state index in [1.165, 1.54) is 0 Å². The smallest absolute Gasteiger partial charge is 0.379 e. The molecular formula is C13H12FeO. The predicted octanol–water partition coefficient (Wildman–Crippen LogP) is 1.97. The molecular weight excluding hydrogens is 228 g/mol. The van der Waals surface area contributed by atoms with Crippen LogP contribution in [-0.2, 0) is 17.1 Å². The van der Waals surface area contributed by atoms with Gasteiger partial charge in [0.1, 0.15) is 6.10 Å². The number of aliphatic hydroxyl groups excluding tert-OH is 1. The van der Waals surface area contributed by atoms with Crippen LogP contribution < -0.4 is 0 Å². The fourth-order valence-electron chi connectivity index (χ4n) is 1.04. The Balaban J connectivity index is 0.000000280. The van der Waals surface area contributed by atoms with Gasteiger partial charge in [-0.05, 0) is 0 Å². The summed E-state index contributed by atoms with van der Waals surface area (Å²) < 4.78 is 0. The SMILES string of the molecule is C#CC(O)C1=[C-]CC=C1.[C-]1=CC=CC1.[Fe+2]. The molecule has 2 heteroatoms. The number of terminal acetylenes is 1. The first-order valence-electron chi connectivity index (χ1n) is 4.48. The van der Waals surface area contributed by atoms with Crippen molar-refractivity contribution in [2.24, 2.45) is 0 Å². The molecule has 1 unspecified atom stereocenters. The Morgan fingerprint density at radius 2 is 2.20 bits per heavy atom. The van der Waals surface area contributed by atoms with Crippen LogP contribution >= 0.6 is 0 Å². The van der Waals surface area contributed by atoms with Gasteiger partial charge in [0.05, 0.1) is 0 Å². The third-order valence-corrected chi connectivity index (χ3v) is 1.76. The zero-order valence-corrected chi connectivity index (χ0v) is 9.36. The van der Waals surface area contributed by atoms with Crippen LogP contribution in [0.2, 0.25) is 0 Å². The average molecular weight is 240 g/mol. The van der Waals surface area contributed by atoms with Gasteiger partial charge in [-0.1, -0.05) is 5.92 Å². The Bertz CT molecular complexity index is 319. The molecule has 0 fully saturated rings. The minimum absolute atomic E-state index is 0. The first kappa shape index (κ1) is 14.0. The molecule has 1 atom stereocenters. The Morgan fingerprint density at radius 1 is 1.40 bits per heavy atom. The zero-order valence-electron chi connectivity index (χ0n) is 8.26. The molecule has 0 aromatic carbocycles. The van der Waals surface area contributed by atoms with Crippen LogP contribution in [0.4, 0.5) is 0 Å². The molecule has 1 nitrogen and oxygen atoms in total. The van der Waals surface area contributed by atoms with Crippen LogP contribution in [-0.4, -0.2) is 11.2 Å². The van der Waals surface area contributed by atoms with Crippen molar-refractivity contribution < 1.29 is 22.2 Å². The number of aliphatic hydroxyl groups is 1. The van der Waals surface area contributed by atoms with E-state index in [0.717, 1.165) is 18.4 Å². The van der Waals surface area contributed by atoms with E-state index in [1.54, 1.807) is 6.08 Å². The summed E-state index contributed by atoms with van der Waals surface area (Å²) in [5.74, 6) is 2.21. The van der Waals surface area contributed by atoms with E-state index in [2.05, 4.69) is 24.1 Å². The van der Waals surface area contributed by atoms with Gasteiger partial charge in [-0.2, -0.15) is 17.7 Å². The molecule has 1 N–H and O–H groups in total. The van der Waals surface area contributed by atoms with Gasteiger partial charge in [-0.25, -0.2) is 18.2 Å². The maximum atomic E-state index is 8.97. The summed E-state index contributed by atoms with van der Waals surface area (Å²) >= 11 is 0. The van der Waals surface area contributed by atoms with Crippen LogP contribution in [0.25, 0.3) is 0 Å². The molecule has 2 rings (SSSR count). The summed E-state index contributed by atoms with van der Waals surface area (Å²) in [4.78, 5) is 0. The van der Waals surface area contributed by atoms with Gasteiger partial charge in [0, 0.05) is 0 Å². The van der Waals surface area contributed by atoms with E-state index in [0.29, 0.717) is 0 Å².